The molecule has 0 radical (unpaired) electrons. The van der Waals surface area contributed by atoms with Crippen LogP contribution in [0.3, 0.4) is 0 Å². The zero-order chi connectivity index (χ0) is 20.1. The molecule has 3 heteroatoms. The number of hydrogen-bond donors (Lipinski definition) is 0. The third-order valence-electron chi connectivity index (χ3n) is 4.45. The number of carbonyl (C=O) groups excluding carboxylic acids is 1. The number of rotatable bonds is 2. The van der Waals surface area contributed by atoms with E-state index in [-0.39, 0.29) is 16.6 Å². The average molecular weight is 351 g/mol. The van der Waals surface area contributed by atoms with Crippen LogP contribution in [0.4, 0.5) is 0 Å². The maximum atomic E-state index is 13.6. The minimum atomic E-state index is -1.15. The lowest BCUT2D eigenvalue weighted by Gasteiger charge is -2.46. The van der Waals surface area contributed by atoms with Crippen LogP contribution in [-0.4, -0.2) is 17.0 Å². The van der Waals surface area contributed by atoms with Crippen LogP contribution in [0, 0.1) is 16.2 Å². The van der Waals surface area contributed by atoms with Gasteiger partial charge in [0.1, 0.15) is 0 Å². The Morgan fingerprint density at radius 2 is 1.28 bits per heavy atom. The molecule has 3 nitrogen and oxygen atoms in total. The summed E-state index contributed by atoms with van der Waals surface area (Å²) in [6.45, 7) is 24.5. The van der Waals surface area contributed by atoms with Crippen molar-refractivity contribution in [3.8, 4) is 0 Å². The SMILES string of the molecule is CC(C)(C)OOC1(C(C)(C)C)C=C(C(C)(C)C)C=C(C(C)(C)C)C1=O. The van der Waals surface area contributed by atoms with Crippen molar-refractivity contribution in [1.82, 2.24) is 0 Å². The van der Waals surface area contributed by atoms with Gasteiger partial charge in [-0.25, -0.2) is 9.78 Å². The predicted octanol–water partition coefficient (Wildman–Crippen LogP) is 6.05. The van der Waals surface area contributed by atoms with Gasteiger partial charge in [0.15, 0.2) is 11.4 Å². The summed E-state index contributed by atoms with van der Waals surface area (Å²) in [7, 11) is 0. The highest BCUT2D eigenvalue weighted by atomic mass is 17.2. The number of ketones is 1. The molecule has 0 saturated heterocycles. The van der Waals surface area contributed by atoms with Crippen molar-refractivity contribution in [1.29, 1.82) is 0 Å². The molecule has 0 aliphatic heterocycles. The van der Waals surface area contributed by atoms with Gasteiger partial charge in [0, 0.05) is 11.0 Å². The highest BCUT2D eigenvalue weighted by Crippen LogP contribution is 2.48. The third-order valence-corrected chi connectivity index (χ3v) is 4.45. The minimum Gasteiger partial charge on any atom is -0.291 e. The standard InChI is InChI=1S/C22H38O3/c1-18(2,3)15-13-16(19(4,5)6)17(23)22(14-15,20(7,8)9)25-24-21(10,11)12/h13-14H,1-12H3. The van der Waals surface area contributed by atoms with E-state index in [9.17, 15) is 4.79 Å². The Kier molecular flexibility index (Phi) is 5.62. The van der Waals surface area contributed by atoms with E-state index in [4.69, 9.17) is 9.78 Å². The highest BCUT2D eigenvalue weighted by Gasteiger charge is 2.54. The molecule has 1 aliphatic carbocycles. The third kappa shape index (κ3) is 4.83. The summed E-state index contributed by atoms with van der Waals surface area (Å²) in [5, 5.41) is 0. The quantitative estimate of drug-likeness (QED) is 0.449. The van der Waals surface area contributed by atoms with Crippen LogP contribution in [0.2, 0.25) is 0 Å². The van der Waals surface area contributed by atoms with Crippen molar-refractivity contribution < 1.29 is 14.6 Å². The van der Waals surface area contributed by atoms with E-state index >= 15 is 0 Å². The number of allylic oxidation sites excluding steroid dienone is 2. The summed E-state index contributed by atoms with van der Waals surface area (Å²) in [6.07, 6.45) is 4.03. The van der Waals surface area contributed by atoms with Crippen molar-refractivity contribution >= 4 is 5.78 Å². The van der Waals surface area contributed by atoms with Crippen LogP contribution in [0.15, 0.2) is 23.3 Å². The van der Waals surface area contributed by atoms with Crippen LogP contribution in [0.25, 0.3) is 0 Å². The molecule has 0 spiro atoms. The van der Waals surface area contributed by atoms with E-state index in [1.165, 1.54) is 0 Å². The van der Waals surface area contributed by atoms with E-state index < -0.39 is 16.6 Å². The summed E-state index contributed by atoms with van der Waals surface area (Å²) in [5.74, 6) is -0.00949. The first-order valence-corrected chi connectivity index (χ1v) is 9.18. The van der Waals surface area contributed by atoms with Gasteiger partial charge in [0.05, 0.1) is 5.60 Å². The van der Waals surface area contributed by atoms with Gasteiger partial charge in [-0.3, -0.25) is 4.79 Å². The molecule has 1 atom stereocenters. The van der Waals surface area contributed by atoms with E-state index in [0.29, 0.717) is 0 Å². The van der Waals surface area contributed by atoms with Gasteiger partial charge in [-0.05, 0) is 43.3 Å². The van der Waals surface area contributed by atoms with Gasteiger partial charge in [-0.1, -0.05) is 68.4 Å². The van der Waals surface area contributed by atoms with Crippen molar-refractivity contribution in [2.24, 2.45) is 16.2 Å². The van der Waals surface area contributed by atoms with Gasteiger partial charge in [0.25, 0.3) is 0 Å². The highest BCUT2D eigenvalue weighted by molar-refractivity contribution is 6.06. The van der Waals surface area contributed by atoms with E-state index in [1.807, 2.05) is 53.7 Å². The Hall–Kier alpha value is -0.930. The summed E-state index contributed by atoms with van der Waals surface area (Å²) in [6, 6.07) is 0. The smallest absolute Gasteiger partial charge is 0.199 e. The lowest BCUT2D eigenvalue weighted by Crippen LogP contribution is -2.55. The predicted molar refractivity (Wildman–Crippen MR) is 104 cm³/mol. The fourth-order valence-corrected chi connectivity index (χ4v) is 2.67. The van der Waals surface area contributed by atoms with Gasteiger partial charge < -0.3 is 0 Å². The molecule has 0 aromatic rings. The van der Waals surface area contributed by atoms with Crippen molar-refractivity contribution in [2.45, 2.75) is 94.3 Å². The summed E-state index contributed by atoms with van der Waals surface area (Å²) in [4.78, 5) is 25.3. The van der Waals surface area contributed by atoms with Gasteiger partial charge in [0.2, 0.25) is 0 Å². The molecule has 0 bridgehead atoms. The Morgan fingerprint density at radius 3 is 1.60 bits per heavy atom. The van der Waals surface area contributed by atoms with Gasteiger partial charge >= 0.3 is 0 Å². The molecule has 0 fully saturated rings. The van der Waals surface area contributed by atoms with Crippen LogP contribution < -0.4 is 0 Å². The maximum Gasteiger partial charge on any atom is 0.199 e. The zero-order valence-corrected chi connectivity index (χ0v) is 18.4. The molecule has 0 heterocycles. The molecule has 0 amide bonds. The summed E-state index contributed by atoms with van der Waals surface area (Å²) < 4.78 is 0. The molecular formula is C22H38O3. The first-order chi connectivity index (χ1) is 10.8. The molecule has 25 heavy (non-hydrogen) atoms. The van der Waals surface area contributed by atoms with E-state index in [1.54, 1.807) is 0 Å². The van der Waals surface area contributed by atoms with E-state index in [2.05, 4.69) is 41.5 Å². The topological polar surface area (TPSA) is 35.5 Å². The van der Waals surface area contributed by atoms with E-state index in [0.717, 1.165) is 11.1 Å². The Bertz CT molecular complexity index is 581. The second-order valence-electron chi connectivity index (χ2n) is 11.3. The lowest BCUT2D eigenvalue weighted by atomic mass is 9.63. The zero-order valence-electron chi connectivity index (χ0n) is 18.4. The lowest BCUT2D eigenvalue weighted by molar-refractivity contribution is -0.397. The minimum absolute atomic E-state index is 0.00949. The second-order valence-corrected chi connectivity index (χ2v) is 11.3. The van der Waals surface area contributed by atoms with Gasteiger partial charge in [-0.15, -0.1) is 0 Å². The Labute approximate surface area is 154 Å². The summed E-state index contributed by atoms with van der Waals surface area (Å²) in [5.41, 5.74) is -0.604. The Morgan fingerprint density at radius 1 is 0.800 bits per heavy atom. The normalized spacial score (nSPS) is 23.4. The number of hydrogen-bond acceptors (Lipinski definition) is 3. The Balaban J connectivity index is 3.66. The fourth-order valence-electron chi connectivity index (χ4n) is 2.67. The molecular weight excluding hydrogens is 312 g/mol. The van der Waals surface area contributed by atoms with Crippen molar-refractivity contribution in [3.63, 3.8) is 0 Å². The number of carbonyl (C=O) groups is 1. The first-order valence-electron chi connectivity index (χ1n) is 9.18. The second kappa shape index (κ2) is 6.35. The molecule has 144 valence electrons. The molecule has 1 unspecified atom stereocenters. The van der Waals surface area contributed by atoms with Gasteiger partial charge in [-0.2, -0.15) is 0 Å². The molecule has 0 aromatic carbocycles. The van der Waals surface area contributed by atoms with Crippen molar-refractivity contribution in [2.75, 3.05) is 0 Å². The van der Waals surface area contributed by atoms with Crippen LogP contribution >= 0.6 is 0 Å². The molecule has 1 rings (SSSR count). The number of Topliss-reactive ketones (excluding diaryl/α,β-unsaturated/α-hetero) is 1. The van der Waals surface area contributed by atoms with Crippen LogP contribution in [0.5, 0.6) is 0 Å². The monoisotopic (exact) mass is 350 g/mol. The molecule has 0 saturated carbocycles. The van der Waals surface area contributed by atoms with Crippen LogP contribution in [-0.2, 0) is 14.6 Å². The largest absolute Gasteiger partial charge is 0.291 e. The molecule has 0 aromatic heterocycles. The first kappa shape index (κ1) is 22.1. The van der Waals surface area contributed by atoms with Crippen molar-refractivity contribution in [3.05, 3.63) is 23.3 Å². The van der Waals surface area contributed by atoms with Crippen LogP contribution in [0.1, 0.15) is 83.1 Å². The summed E-state index contributed by atoms with van der Waals surface area (Å²) >= 11 is 0. The molecule has 1 aliphatic rings. The molecule has 0 N–H and O–H groups in total. The average Bonchev–Trinajstić information content (AvgIpc) is 2.32. The maximum absolute atomic E-state index is 13.6. The fraction of sp³-hybridized carbons (Fsp3) is 0.773.